The standard InChI is InChI=1S/C21H13ClO/c22-19-12-6-5-11-18(19)21(23)20-16-9-3-1-7-14(16)13-15-8-2-4-10-17(15)20/h1-13H. The number of carbonyl (C=O) groups excluding carboxylic acids is 1. The van der Waals surface area contributed by atoms with Crippen LogP contribution in [0.15, 0.2) is 78.9 Å². The van der Waals surface area contributed by atoms with E-state index >= 15 is 0 Å². The second-order valence-electron chi connectivity index (χ2n) is 5.50. The summed E-state index contributed by atoms with van der Waals surface area (Å²) in [6, 6.07) is 25.3. The summed E-state index contributed by atoms with van der Waals surface area (Å²) in [6.45, 7) is 0. The number of benzene rings is 4. The van der Waals surface area contributed by atoms with E-state index in [-0.39, 0.29) is 5.78 Å². The van der Waals surface area contributed by atoms with Gasteiger partial charge in [0, 0.05) is 11.1 Å². The number of halogens is 1. The fourth-order valence-corrected chi connectivity index (χ4v) is 3.26. The van der Waals surface area contributed by atoms with Gasteiger partial charge < -0.3 is 0 Å². The van der Waals surface area contributed by atoms with E-state index in [0.29, 0.717) is 16.1 Å². The smallest absolute Gasteiger partial charge is 0.195 e. The number of fused-ring (bicyclic) bond motifs is 2. The molecule has 0 saturated carbocycles. The highest BCUT2D eigenvalue weighted by Gasteiger charge is 2.18. The van der Waals surface area contributed by atoms with E-state index in [2.05, 4.69) is 6.07 Å². The monoisotopic (exact) mass is 316 g/mol. The molecule has 0 unspecified atom stereocenters. The molecule has 0 N–H and O–H groups in total. The van der Waals surface area contributed by atoms with E-state index in [1.807, 2.05) is 60.7 Å². The fourth-order valence-electron chi connectivity index (χ4n) is 3.04. The number of ketones is 1. The number of hydrogen-bond acceptors (Lipinski definition) is 1. The molecule has 4 aromatic carbocycles. The second-order valence-corrected chi connectivity index (χ2v) is 5.91. The van der Waals surface area contributed by atoms with Crippen molar-refractivity contribution in [1.82, 2.24) is 0 Å². The van der Waals surface area contributed by atoms with E-state index in [9.17, 15) is 4.79 Å². The Labute approximate surface area is 139 Å². The maximum absolute atomic E-state index is 13.2. The Morgan fingerprint density at radius 2 is 1.22 bits per heavy atom. The molecule has 0 fully saturated rings. The van der Waals surface area contributed by atoms with Gasteiger partial charge in [-0.15, -0.1) is 0 Å². The molecule has 4 rings (SSSR count). The molecule has 2 heteroatoms. The summed E-state index contributed by atoms with van der Waals surface area (Å²) < 4.78 is 0. The predicted molar refractivity (Wildman–Crippen MR) is 96.3 cm³/mol. The number of carbonyl (C=O) groups is 1. The molecule has 4 aromatic rings. The Bertz CT molecular complexity index is 996. The molecule has 0 spiro atoms. The molecule has 0 radical (unpaired) electrons. The van der Waals surface area contributed by atoms with Gasteiger partial charge in [-0.25, -0.2) is 0 Å². The summed E-state index contributed by atoms with van der Waals surface area (Å²) in [4.78, 5) is 13.2. The first-order valence-corrected chi connectivity index (χ1v) is 7.83. The Morgan fingerprint density at radius 3 is 1.83 bits per heavy atom. The highest BCUT2D eigenvalue weighted by Crippen LogP contribution is 2.31. The largest absolute Gasteiger partial charge is 0.289 e. The van der Waals surface area contributed by atoms with Crippen molar-refractivity contribution in [3.05, 3.63) is 95.0 Å². The van der Waals surface area contributed by atoms with E-state index in [1.165, 1.54) is 0 Å². The third-order valence-electron chi connectivity index (χ3n) is 4.12. The molecular formula is C21H13ClO. The van der Waals surface area contributed by atoms with Gasteiger partial charge in [0.15, 0.2) is 5.78 Å². The van der Waals surface area contributed by atoms with Gasteiger partial charge in [0.25, 0.3) is 0 Å². The molecule has 0 atom stereocenters. The Balaban J connectivity index is 2.11. The van der Waals surface area contributed by atoms with Crippen molar-refractivity contribution in [3.8, 4) is 0 Å². The van der Waals surface area contributed by atoms with Gasteiger partial charge in [0.2, 0.25) is 0 Å². The SMILES string of the molecule is O=C(c1ccccc1Cl)c1c2ccccc2cc2ccccc12. The summed E-state index contributed by atoms with van der Waals surface area (Å²) in [6.07, 6.45) is 0. The summed E-state index contributed by atoms with van der Waals surface area (Å²) in [5.74, 6) is -0.0383. The van der Waals surface area contributed by atoms with E-state index in [1.54, 1.807) is 12.1 Å². The summed E-state index contributed by atoms with van der Waals surface area (Å²) in [7, 11) is 0. The van der Waals surface area contributed by atoms with Crippen LogP contribution in [-0.4, -0.2) is 5.78 Å². The molecule has 0 aliphatic heterocycles. The number of rotatable bonds is 2. The molecule has 0 aliphatic rings. The first-order valence-electron chi connectivity index (χ1n) is 7.45. The summed E-state index contributed by atoms with van der Waals surface area (Å²) in [5, 5.41) is 4.50. The van der Waals surface area contributed by atoms with E-state index in [0.717, 1.165) is 21.5 Å². The average molecular weight is 317 g/mol. The van der Waals surface area contributed by atoms with Gasteiger partial charge in [-0.2, -0.15) is 0 Å². The highest BCUT2D eigenvalue weighted by atomic mass is 35.5. The number of hydrogen-bond donors (Lipinski definition) is 0. The first kappa shape index (κ1) is 14.0. The van der Waals surface area contributed by atoms with Gasteiger partial charge >= 0.3 is 0 Å². The lowest BCUT2D eigenvalue weighted by molar-refractivity contribution is 0.104. The van der Waals surface area contributed by atoms with Gasteiger partial charge in [-0.05, 0) is 39.7 Å². The molecule has 0 bridgehead atoms. The van der Waals surface area contributed by atoms with Crippen LogP contribution < -0.4 is 0 Å². The predicted octanol–water partition coefficient (Wildman–Crippen LogP) is 5.88. The van der Waals surface area contributed by atoms with Crippen LogP contribution >= 0.6 is 11.6 Å². The van der Waals surface area contributed by atoms with Crippen molar-refractivity contribution in [1.29, 1.82) is 0 Å². The van der Waals surface area contributed by atoms with Gasteiger partial charge in [0.05, 0.1) is 5.02 Å². The highest BCUT2D eigenvalue weighted by molar-refractivity contribution is 6.36. The normalized spacial score (nSPS) is 11.0. The van der Waals surface area contributed by atoms with Gasteiger partial charge in [-0.1, -0.05) is 72.3 Å². The fraction of sp³-hybridized carbons (Fsp3) is 0. The van der Waals surface area contributed by atoms with Crippen LogP contribution in [0.25, 0.3) is 21.5 Å². The molecular weight excluding hydrogens is 304 g/mol. The van der Waals surface area contributed by atoms with Crippen LogP contribution in [0.4, 0.5) is 0 Å². The topological polar surface area (TPSA) is 17.1 Å². The van der Waals surface area contributed by atoms with Crippen molar-refractivity contribution >= 4 is 38.9 Å². The molecule has 23 heavy (non-hydrogen) atoms. The van der Waals surface area contributed by atoms with Crippen molar-refractivity contribution < 1.29 is 4.79 Å². The van der Waals surface area contributed by atoms with Crippen molar-refractivity contribution in [2.45, 2.75) is 0 Å². The van der Waals surface area contributed by atoms with Crippen molar-refractivity contribution in [2.75, 3.05) is 0 Å². The second kappa shape index (κ2) is 5.53. The zero-order valence-electron chi connectivity index (χ0n) is 12.3. The summed E-state index contributed by atoms with van der Waals surface area (Å²) in [5.41, 5.74) is 1.25. The molecule has 0 heterocycles. The quantitative estimate of drug-likeness (QED) is 0.333. The average Bonchev–Trinajstić information content (AvgIpc) is 2.59. The lowest BCUT2D eigenvalue weighted by atomic mass is 9.91. The lowest BCUT2D eigenvalue weighted by Gasteiger charge is -2.11. The van der Waals surface area contributed by atoms with Crippen LogP contribution in [0, 0.1) is 0 Å². The Kier molecular flexibility index (Phi) is 3.36. The van der Waals surface area contributed by atoms with Crippen LogP contribution in [0.3, 0.4) is 0 Å². The lowest BCUT2D eigenvalue weighted by Crippen LogP contribution is -2.04. The third kappa shape index (κ3) is 2.30. The first-order chi connectivity index (χ1) is 11.3. The Morgan fingerprint density at radius 1 is 0.696 bits per heavy atom. The molecule has 1 nitrogen and oxygen atoms in total. The maximum atomic E-state index is 13.2. The van der Waals surface area contributed by atoms with Crippen LogP contribution in [0.5, 0.6) is 0 Å². The van der Waals surface area contributed by atoms with Crippen LogP contribution in [-0.2, 0) is 0 Å². The molecule has 0 amide bonds. The zero-order chi connectivity index (χ0) is 15.8. The minimum absolute atomic E-state index is 0.0383. The molecule has 0 aliphatic carbocycles. The van der Waals surface area contributed by atoms with Crippen molar-refractivity contribution in [3.63, 3.8) is 0 Å². The maximum Gasteiger partial charge on any atom is 0.195 e. The molecule has 0 aromatic heterocycles. The third-order valence-corrected chi connectivity index (χ3v) is 4.45. The molecule has 110 valence electrons. The minimum Gasteiger partial charge on any atom is -0.289 e. The molecule has 0 saturated heterocycles. The van der Waals surface area contributed by atoms with Gasteiger partial charge in [0.1, 0.15) is 0 Å². The zero-order valence-corrected chi connectivity index (χ0v) is 13.0. The minimum atomic E-state index is -0.0383. The van der Waals surface area contributed by atoms with E-state index in [4.69, 9.17) is 11.6 Å². The van der Waals surface area contributed by atoms with Crippen molar-refractivity contribution in [2.24, 2.45) is 0 Å². The van der Waals surface area contributed by atoms with Gasteiger partial charge in [-0.3, -0.25) is 4.79 Å². The van der Waals surface area contributed by atoms with E-state index < -0.39 is 0 Å². The van der Waals surface area contributed by atoms with Crippen LogP contribution in [0.2, 0.25) is 5.02 Å². The Hall–Kier alpha value is -2.64. The summed E-state index contributed by atoms with van der Waals surface area (Å²) >= 11 is 6.25. The van der Waals surface area contributed by atoms with Crippen LogP contribution in [0.1, 0.15) is 15.9 Å².